The molecule has 3 aliphatic heterocycles. The summed E-state index contributed by atoms with van der Waals surface area (Å²) in [7, 11) is 0. The monoisotopic (exact) mass is 416 g/mol. The van der Waals surface area contributed by atoms with Crippen molar-refractivity contribution in [3.8, 4) is 0 Å². The summed E-state index contributed by atoms with van der Waals surface area (Å²) >= 11 is 1.94. The summed E-state index contributed by atoms with van der Waals surface area (Å²) in [5.41, 5.74) is 1.36. The molecule has 1 aromatic rings. The van der Waals surface area contributed by atoms with Gasteiger partial charge in [0.2, 0.25) is 5.91 Å². The van der Waals surface area contributed by atoms with Crippen molar-refractivity contribution in [2.75, 3.05) is 18.8 Å². The van der Waals surface area contributed by atoms with Crippen molar-refractivity contribution in [2.24, 2.45) is 0 Å². The second-order valence-electron chi connectivity index (χ2n) is 8.47. The summed E-state index contributed by atoms with van der Waals surface area (Å²) < 4.78 is 0. The molecule has 0 spiro atoms. The summed E-state index contributed by atoms with van der Waals surface area (Å²) in [6, 6.07) is 11.4. The average Bonchev–Trinajstić information content (AvgIpc) is 3.27. The van der Waals surface area contributed by atoms with Gasteiger partial charge in [-0.2, -0.15) is 11.8 Å². The highest BCUT2D eigenvalue weighted by atomic mass is 32.2. The van der Waals surface area contributed by atoms with Gasteiger partial charge in [0.15, 0.2) is 0 Å². The van der Waals surface area contributed by atoms with Crippen molar-refractivity contribution in [3.63, 3.8) is 0 Å². The number of fused-ring (bicyclic) bond motifs is 1. The van der Waals surface area contributed by atoms with E-state index in [1.807, 2.05) is 11.8 Å². The van der Waals surface area contributed by atoms with E-state index >= 15 is 0 Å². The topological polar surface area (TPSA) is 73.5 Å². The standard InChI is InChI=1S/C22H32N4O2S/c27-20(9-5-4-8-19-21-18(15-29-19)24-22(28)25-21)23-17-10-12-26(13-11-17)14-16-6-2-1-3-7-16/h1-3,6-7,17-19,21H,4-5,8-15H2,(H,23,27)(H2,24,25,28)/t18-,19-,21-/m0/s1. The first kappa shape index (κ1) is 20.5. The van der Waals surface area contributed by atoms with Crippen LogP contribution in [0.1, 0.15) is 44.1 Å². The number of carbonyl (C=O) groups is 2. The first-order valence-electron chi connectivity index (χ1n) is 10.9. The Morgan fingerprint density at radius 1 is 1.14 bits per heavy atom. The van der Waals surface area contributed by atoms with Crippen LogP contribution in [-0.2, 0) is 11.3 Å². The molecule has 3 saturated heterocycles. The quantitative estimate of drug-likeness (QED) is 0.450. The lowest BCUT2D eigenvalue weighted by Gasteiger charge is -2.32. The number of rotatable bonds is 8. The largest absolute Gasteiger partial charge is 0.353 e. The zero-order valence-electron chi connectivity index (χ0n) is 16.9. The average molecular weight is 417 g/mol. The van der Waals surface area contributed by atoms with Gasteiger partial charge < -0.3 is 16.0 Å². The van der Waals surface area contributed by atoms with Crippen LogP contribution in [0, 0.1) is 0 Å². The minimum absolute atomic E-state index is 0.0282. The second-order valence-corrected chi connectivity index (χ2v) is 9.74. The molecule has 7 heteroatoms. The predicted molar refractivity (Wildman–Crippen MR) is 117 cm³/mol. The number of amides is 3. The van der Waals surface area contributed by atoms with Gasteiger partial charge in [-0.3, -0.25) is 9.69 Å². The molecule has 0 bridgehead atoms. The van der Waals surface area contributed by atoms with E-state index in [1.165, 1.54) is 5.56 Å². The molecule has 158 valence electrons. The zero-order chi connectivity index (χ0) is 20.1. The summed E-state index contributed by atoms with van der Waals surface area (Å²) in [5, 5.41) is 9.73. The summed E-state index contributed by atoms with van der Waals surface area (Å²) in [6.45, 7) is 3.08. The molecule has 0 radical (unpaired) electrons. The van der Waals surface area contributed by atoms with E-state index in [4.69, 9.17) is 0 Å². The number of hydrogen-bond donors (Lipinski definition) is 3. The van der Waals surface area contributed by atoms with Crippen molar-refractivity contribution in [2.45, 2.75) is 68.4 Å². The van der Waals surface area contributed by atoms with E-state index < -0.39 is 0 Å². The third-order valence-electron chi connectivity index (χ3n) is 6.28. The van der Waals surface area contributed by atoms with Gasteiger partial charge in [-0.25, -0.2) is 4.79 Å². The van der Waals surface area contributed by atoms with Gasteiger partial charge >= 0.3 is 6.03 Å². The Morgan fingerprint density at radius 3 is 2.72 bits per heavy atom. The maximum absolute atomic E-state index is 12.3. The molecule has 4 rings (SSSR count). The minimum atomic E-state index is -0.0282. The van der Waals surface area contributed by atoms with E-state index in [2.05, 4.69) is 51.2 Å². The fourth-order valence-corrected chi connectivity index (χ4v) is 6.19. The molecule has 3 atom stereocenters. The molecule has 29 heavy (non-hydrogen) atoms. The molecule has 0 saturated carbocycles. The summed E-state index contributed by atoms with van der Waals surface area (Å²) in [6.07, 6.45) is 5.72. The van der Waals surface area contributed by atoms with Crippen LogP contribution >= 0.6 is 11.8 Å². The molecule has 3 fully saturated rings. The number of urea groups is 1. The van der Waals surface area contributed by atoms with Crippen LogP contribution in [0.2, 0.25) is 0 Å². The highest BCUT2D eigenvalue weighted by Gasteiger charge is 2.42. The molecule has 6 nitrogen and oxygen atoms in total. The molecule has 3 amide bonds. The fraction of sp³-hybridized carbons (Fsp3) is 0.636. The highest BCUT2D eigenvalue weighted by molar-refractivity contribution is 8.00. The smallest absolute Gasteiger partial charge is 0.315 e. The lowest BCUT2D eigenvalue weighted by Crippen LogP contribution is -2.44. The third kappa shape index (κ3) is 5.66. The lowest BCUT2D eigenvalue weighted by molar-refractivity contribution is -0.122. The second kappa shape index (κ2) is 9.85. The van der Waals surface area contributed by atoms with Crippen LogP contribution < -0.4 is 16.0 Å². The maximum atomic E-state index is 12.3. The van der Waals surface area contributed by atoms with E-state index in [9.17, 15) is 9.59 Å². The summed E-state index contributed by atoms with van der Waals surface area (Å²) in [4.78, 5) is 26.2. The molecular weight excluding hydrogens is 384 g/mol. The lowest BCUT2D eigenvalue weighted by atomic mass is 10.0. The van der Waals surface area contributed by atoms with E-state index in [0.717, 1.165) is 57.5 Å². The number of piperidine rings is 1. The van der Waals surface area contributed by atoms with Crippen molar-refractivity contribution < 1.29 is 9.59 Å². The van der Waals surface area contributed by atoms with Gasteiger partial charge in [0, 0.05) is 43.1 Å². The number of benzene rings is 1. The van der Waals surface area contributed by atoms with Gasteiger partial charge in [-0.1, -0.05) is 36.8 Å². The molecule has 3 N–H and O–H groups in total. The fourth-order valence-electron chi connectivity index (χ4n) is 4.65. The molecule has 3 heterocycles. The molecule has 0 aromatic heterocycles. The number of hydrogen-bond acceptors (Lipinski definition) is 4. The summed E-state index contributed by atoms with van der Waals surface area (Å²) in [5.74, 6) is 1.19. The van der Waals surface area contributed by atoms with E-state index in [-0.39, 0.29) is 24.0 Å². The van der Waals surface area contributed by atoms with Crippen molar-refractivity contribution >= 4 is 23.7 Å². The van der Waals surface area contributed by atoms with E-state index in [1.54, 1.807) is 0 Å². The molecule has 0 aliphatic carbocycles. The number of carbonyl (C=O) groups excluding carboxylic acids is 2. The molecule has 3 aliphatic rings. The van der Waals surface area contributed by atoms with Gasteiger partial charge in [-0.05, 0) is 31.2 Å². The maximum Gasteiger partial charge on any atom is 0.315 e. The minimum Gasteiger partial charge on any atom is -0.353 e. The first-order valence-corrected chi connectivity index (χ1v) is 12.0. The number of unbranched alkanes of at least 4 members (excludes halogenated alkanes) is 1. The Hall–Kier alpha value is -1.73. The number of nitrogens with one attached hydrogen (secondary N) is 3. The predicted octanol–water partition coefficient (Wildman–Crippen LogP) is 2.49. The first-order chi connectivity index (χ1) is 14.2. The Balaban J connectivity index is 1.08. The third-order valence-corrected chi connectivity index (χ3v) is 7.79. The van der Waals surface area contributed by atoms with Crippen LogP contribution in [0.4, 0.5) is 4.79 Å². The Labute approximate surface area is 177 Å². The van der Waals surface area contributed by atoms with Crippen molar-refractivity contribution in [1.82, 2.24) is 20.9 Å². The SMILES string of the molecule is O=C(CCCC[C@@H]1SC[C@@H]2NC(=O)N[C@@H]21)NC1CCN(Cc2ccccc2)CC1. The normalized spacial score (nSPS) is 27.3. The van der Waals surface area contributed by atoms with Crippen molar-refractivity contribution in [1.29, 1.82) is 0 Å². The number of thioether (sulfide) groups is 1. The highest BCUT2D eigenvalue weighted by Crippen LogP contribution is 2.33. The van der Waals surface area contributed by atoms with Crippen molar-refractivity contribution in [3.05, 3.63) is 35.9 Å². The van der Waals surface area contributed by atoms with Gasteiger partial charge in [-0.15, -0.1) is 0 Å². The van der Waals surface area contributed by atoms with Gasteiger partial charge in [0.05, 0.1) is 12.1 Å². The van der Waals surface area contributed by atoms with E-state index in [0.29, 0.717) is 17.7 Å². The Bertz CT molecular complexity index is 693. The number of nitrogens with zero attached hydrogens (tertiary/aromatic N) is 1. The van der Waals surface area contributed by atoms with Crippen LogP contribution in [0.5, 0.6) is 0 Å². The van der Waals surface area contributed by atoms with Crippen LogP contribution in [0.3, 0.4) is 0 Å². The molecular formula is C22H32N4O2S. The molecule has 0 unspecified atom stereocenters. The van der Waals surface area contributed by atoms with Crippen LogP contribution in [-0.4, -0.2) is 59.1 Å². The van der Waals surface area contributed by atoms with Gasteiger partial charge in [0.25, 0.3) is 0 Å². The van der Waals surface area contributed by atoms with Gasteiger partial charge in [0.1, 0.15) is 0 Å². The van der Waals surface area contributed by atoms with Crippen LogP contribution in [0.15, 0.2) is 30.3 Å². The zero-order valence-corrected chi connectivity index (χ0v) is 17.8. The van der Waals surface area contributed by atoms with Crippen LogP contribution in [0.25, 0.3) is 0 Å². The molecule has 1 aromatic carbocycles. The Morgan fingerprint density at radius 2 is 1.93 bits per heavy atom. The number of likely N-dealkylation sites (tertiary alicyclic amines) is 1. The Kier molecular flexibility index (Phi) is 6.98.